The second-order valence-corrected chi connectivity index (χ2v) is 11.2. The van der Waals surface area contributed by atoms with E-state index in [1.165, 1.54) is 30.7 Å². The number of rotatable bonds is 10. The molecule has 198 valence electrons. The van der Waals surface area contributed by atoms with Crippen molar-refractivity contribution in [3.05, 3.63) is 53.7 Å². The van der Waals surface area contributed by atoms with E-state index in [0.717, 1.165) is 16.6 Å². The van der Waals surface area contributed by atoms with Crippen molar-refractivity contribution in [1.29, 1.82) is 0 Å². The van der Waals surface area contributed by atoms with Crippen molar-refractivity contribution in [3.63, 3.8) is 0 Å². The van der Waals surface area contributed by atoms with Crippen LogP contribution < -0.4 is 20.1 Å². The average Bonchev–Trinajstić information content (AvgIpc) is 2.92. The van der Waals surface area contributed by atoms with Crippen molar-refractivity contribution in [2.45, 2.75) is 24.2 Å². The molecule has 1 fully saturated rings. The van der Waals surface area contributed by atoms with Crippen LogP contribution in [0.3, 0.4) is 0 Å². The van der Waals surface area contributed by atoms with Gasteiger partial charge < -0.3 is 20.1 Å². The van der Waals surface area contributed by atoms with E-state index in [2.05, 4.69) is 15.6 Å². The lowest BCUT2D eigenvalue weighted by molar-refractivity contribution is -0.126. The zero-order valence-corrected chi connectivity index (χ0v) is 22.4. The van der Waals surface area contributed by atoms with Crippen molar-refractivity contribution >= 4 is 44.1 Å². The fraction of sp³-hybridized carbons (Fsp3) is 0.385. The maximum Gasteiger partial charge on any atom is 0.243 e. The van der Waals surface area contributed by atoms with Gasteiger partial charge in [-0.2, -0.15) is 4.31 Å². The van der Waals surface area contributed by atoms with E-state index in [1.807, 2.05) is 24.3 Å². The quantitative estimate of drug-likeness (QED) is 0.371. The van der Waals surface area contributed by atoms with E-state index in [4.69, 9.17) is 21.1 Å². The number of nitrogens with one attached hydrogen (secondary N) is 2. The van der Waals surface area contributed by atoms with Gasteiger partial charge in [0.2, 0.25) is 15.9 Å². The zero-order valence-electron chi connectivity index (χ0n) is 20.9. The summed E-state index contributed by atoms with van der Waals surface area (Å²) in [5.41, 5.74) is 1.77. The Hall–Kier alpha value is -3.08. The number of amides is 1. The Labute approximate surface area is 222 Å². The number of sulfonamides is 1. The van der Waals surface area contributed by atoms with Crippen LogP contribution in [0.4, 0.5) is 5.69 Å². The number of piperidine rings is 1. The van der Waals surface area contributed by atoms with Gasteiger partial charge in [-0.1, -0.05) is 11.6 Å². The molecular weight excluding hydrogens is 516 g/mol. The fourth-order valence-corrected chi connectivity index (χ4v) is 6.15. The van der Waals surface area contributed by atoms with Crippen molar-refractivity contribution in [1.82, 2.24) is 14.6 Å². The molecule has 1 saturated heterocycles. The van der Waals surface area contributed by atoms with Gasteiger partial charge in [-0.05, 0) is 55.7 Å². The zero-order chi connectivity index (χ0) is 26.4. The highest BCUT2D eigenvalue weighted by molar-refractivity contribution is 7.89. The van der Waals surface area contributed by atoms with Crippen LogP contribution in [0.1, 0.15) is 19.3 Å². The first-order chi connectivity index (χ1) is 17.8. The summed E-state index contributed by atoms with van der Waals surface area (Å²) in [7, 11) is -0.820. The van der Waals surface area contributed by atoms with E-state index < -0.39 is 15.9 Å². The summed E-state index contributed by atoms with van der Waals surface area (Å²) < 4.78 is 38.3. The Morgan fingerprint density at radius 1 is 1.11 bits per heavy atom. The third kappa shape index (κ3) is 6.26. The monoisotopic (exact) mass is 546 g/mol. The molecule has 0 radical (unpaired) electrons. The Balaban J connectivity index is 1.29. The molecule has 1 aliphatic rings. The number of hydrogen-bond acceptors (Lipinski definition) is 7. The highest BCUT2D eigenvalue weighted by Gasteiger charge is 2.33. The summed E-state index contributed by atoms with van der Waals surface area (Å²) >= 11 is 6.05. The minimum atomic E-state index is -3.77. The SMILES string of the molecule is COc1ccc(S(=O)(=O)N2CCCC(C(=O)NCCCNc3ccnc4cc(Cl)ccc34)C2)cc1OC. The van der Waals surface area contributed by atoms with E-state index in [-0.39, 0.29) is 17.3 Å². The van der Waals surface area contributed by atoms with Crippen LogP contribution in [0.25, 0.3) is 10.9 Å². The van der Waals surface area contributed by atoms with Gasteiger partial charge in [-0.3, -0.25) is 9.78 Å². The van der Waals surface area contributed by atoms with Gasteiger partial charge in [0.1, 0.15) is 0 Å². The van der Waals surface area contributed by atoms with E-state index in [1.54, 1.807) is 12.3 Å². The second-order valence-electron chi connectivity index (χ2n) is 8.81. The normalized spacial score (nSPS) is 16.4. The number of anilines is 1. The van der Waals surface area contributed by atoms with Crippen LogP contribution in [-0.2, 0) is 14.8 Å². The smallest absolute Gasteiger partial charge is 0.243 e. The third-order valence-electron chi connectivity index (χ3n) is 6.42. The number of ether oxygens (including phenoxy) is 2. The molecule has 2 heterocycles. The first-order valence-electron chi connectivity index (χ1n) is 12.1. The number of hydrogen-bond donors (Lipinski definition) is 2. The molecule has 0 spiro atoms. The van der Waals surface area contributed by atoms with Gasteiger partial charge >= 0.3 is 0 Å². The summed E-state index contributed by atoms with van der Waals surface area (Å²) in [4.78, 5) is 17.3. The molecule has 0 saturated carbocycles. The number of pyridine rings is 1. The summed E-state index contributed by atoms with van der Waals surface area (Å²) in [6, 6.07) is 12.0. The molecule has 0 bridgehead atoms. The number of halogens is 1. The lowest BCUT2D eigenvalue weighted by Crippen LogP contribution is -2.45. The molecule has 3 aromatic rings. The number of aromatic nitrogens is 1. The lowest BCUT2D eigenvalue weighted by atomic mass is 9.99. The Kier molecular flexibility index (Phi) is 8.73. The van der Waals surface area contributed by atoms with Gasteiger partial charge in [-0.15, -0.1) is 0 Å². The predicted octanol–water partition coefficient (Wildman–Crippen LogP) is 3.92. The molecule has 0 aliphatic carbocycles. The average molecular weight is 547 g/mol. The van der Waals surface area contributed by atoms with Gasteiger partial charge in [0.05, 0.1) is 30.5 Å². The molecule has 11 heteroatoms. The van der Waals surface area contributed by atoms with Gasteiger partial charge in [0.15, 0.2) is 11.5 Å². The minimum Gasteiger partial charge on any atom is -0.493 e. The topological polar surface area (TPSA) is 110 Å². The molecular formula is C26H31ClN4O5S. The van der Waals surface area contributed by atoms with E-state index in [9.17, 15) is 13.2 Å². The number of carbonyl (C=O) groups excluding carboxylic acids is 1. The molecule has 2 aromatic carbocycles. The number of benzene rings is 2. The summed E-state index contributed by atoms with van der Waals surface area (Å²) in [6.45, 7) is 1.66. The van der Waals surface area contributed by atoms with Crippen LogP contribution in [-0.4, -0.2) is 64.0 Å². The van der Waals surface area contributed by atoms with Crippen LogP contribution in [0.15, 0.2) is 53.6 Å². The molecule has 1 atom stereocenters. The van der Waals surface area contributed by atoms with Gasteiger partial charge in [0, 0.05) is 54.5 Å². The van der Waals surface area contributed by atoms with Crippen molar-refractivity contribution in [2.75, 3.05) is 45.7 Å². The number of carbonyl (C=O) groups is 1. The van der Waals surface area contributed by atoms with Crippen molar-refractivity contribution in [2.24, 2.45) is 5.92 Å². The van der Waals surface area contributed by atoms with E-state index in [0.29, 0.717) is 55.4 Å². The first kappa shape index (κ1) is 27.0. The highest BCUT2D eigenvalue weighted by atomic mass is 35.5. The third-order valence-corrected chi connectivity index (χ3v) is 8.52. The number of methoxy groups -OCH3 is 2. The highest BCUT2D eigenvalue weighted by Crippen LogP contribution is 2.32. The lowest BCUT2D eigenvalue weighted by Gasteiger charge is -2.31. The maximum atomic E-state index is 13.2. The molecule has 1 amide bonds. The minimum absolute atomic E-state index is 0.114. The largest absolute Gasteiger partial charge is 0.493 e. The molecule has 2 N–H and O–H groups in total. The number of nitrogens with zero attached hydrogens (tertiary/aromatic N) is 2. The maximum absolute atomic E-state index is 13.2. The van der Waals surface area contributed by atoms with Crippen molar-refractivity contribution in [3.8, 4) is 11.5 Å². The van der Waals surface area contributed by atoms with Crippen LogP contribution >= 0.6 is 11.6 Å². The fourth-order valence-electron chi connectivity index (χ4n) is 4.44. The van der Waals surface area contributed by atoms with E-state index >= 15 is 0 Å². The second kappa shape index (κ2) is 12.0. The first-order valence-corrected chi connectivity index (χ1v) is 13.9. The Morgan fingerprint density at radius 3 is 2.70 bits per heavy atom. The number of fused-ring (bicyclic) bond motifs is 1. The Bertz CT molecular complexity index is 1370. The molecule has 1 aliphatic heterocycles. The van der Waals surface area contributed by atoms with Gasteiger partial charge in [-0.25, -0.2) is 8.42 Å². The molecule has 37 heavy (non-hydrogen) atoms. The molecule has 1 unspecified atom stereocenters. The summed E-state index contributed by atoms with van der Waals surface area (Å²) in [6.07, 6.45) is 3.70. The van der Waals surface area contributed by atoms with Crippen LogP contribution in [0.5, 0.6) is 11.5 Å². The molecule has 4 rings (SSSR count). The summed E-state index contributed by atoms with van der Waals surface area (Å²) in [5.74, 6) is 0.266. The van der Waals surface area contributed by atoms with Crippen molar-refractivity contribution < 1.29 is 22.7 Å². The predicted molar refractivity (Wildman–Crippen MR) is 144 cm³/mol. The Morgan fingerprint density at radius 2 is 1.92 bits per heavy atom. The van der Waals surface area contributed by atoms with Gasteiger partial charge in [0.25, 0.3) is 0 Å². The molecule has 1 aromatic heterocycles. The summed E-state index contributed by atoms with van der Waals surface area (Å²) in [5, 5.41) is 7.96. The van der Waals surface area contributed by atoms with Crippen LogP contribution in [0.2, 0.25) is 5.02 Å². The molecule has 9 nitrogen and oxygen atoms in total. The standard InChI is InChI=1S/C26H31ClN4O5S/c1-35-24-9-7-20(16-25(24)36-2)37(33,34)31-14-3-5-18(17-31)26(32)30-12-4-11-28-22-10-13-29-23-15-19(27)6-8-21(22)23/h6-10,13,15-16,18H,3-5,11-12,14,17H2,1-2H3,(H,28,29)(H,30,32). The van der Waals surface area contributed by atoms with Crippen LogP contribution in [0, 0.1) is 5.92 Å².